The first-order valence-electron chi connectivity index (χ1n) is 5.80. The molecule has 0 amide bonds. The summed E-state index contributed by atoms with van der Waals surface area (Å²) in [6, 6.07) is 15.6. The summed E-state index contributed by atoms with van der Waals surface area (Å²) < 4.78 is 14.6. The van der Waals surface area contributed by atoms with E-state index in [9.17, 15) is 4.39 Å². The van der Waals surface area contributed by atoms with E-state index < -0.39 is 0 Å². The highest BCUT2D eigenvalue weighted by atomic mass is 35.5. The predicted octanol–water partition coefficient (Wildman–Crippen LogP) is 4.33. The van der Waals surface area contributed by atoms with Crippen LogP contribution in [0, 0.1) is 5.82 Å². The summed E-state index contributed by atoms with van der Waals surface area (Å²) in [5, 5.41) is 5.11. The van der Waals surface area contributed by atoms with Crippen molar-refractivity contribution in [1.29, 1.82) is 0 Å². The summed E-state index contributed by atoms with van der Waals surface area (Å²) in [6.45, 7) is 0. The lowest BCUT2D eigenvalue weighted by molar-refractivity contribution is 0.627. The molecule has 3 aromatic rings. The molecule has 2 nitrogen and oxygen atoms in total. The average molecular weight is 273 g/mol. The second-order valence-corrected chi connectivity index (χ2v) is 4.51. The Hall–Kier alpha value is -2.13. The molecule has 0 aliphatic heterocycles. The number of rotatable bonds is 2. The van der Waals surface area contributed by atoms with E-state index in [0.29, 0.717) is 5.02 Å². The molecule has 0 radical (unpaired) electrons. The average Bonchev–Trinajstić information content (AvgIpc) is 2.89. The Labute approximate surface area is 115 Å². The molecular formula is C15H10ClFN2. The predicted molar refractivity (Wildman–Crippen MR) is 74.0 cm³/mol. The third-order valence-electron chi connectivity index (χ3n) is 2.83. The van der Waals surface area contributed by atoms with E-state index >= 15 is 0 Å². The number of halogens is 2. The molecule has 0 aliphatic rings. The van der Waals surface area contributed by atoms with Crippen molar-refractivity contribution in [2.24, 2.45) is 0 Å². The molecule has 0 aliphatic carbocycles. The molecule has 2 aromatic carbocycles. The number of hydrogen-bond acceptors (Lipinski definition) is 1. The van der Waals surface area contributed by atoms with Crippen molar-refractivity contribution in [3.8, 4) is 16.9 Å². The highest BCUT2D eigenvalue weighted by Gasteiger charge is 2.07. The number of aromatic nitrogens is 2. The zero-order valence-electron chi connectivity index (χ0n) is 9.92. The second-order valence-electron chi connectivity index (χ2n) is 4.10. The van der Waals surface area contributed by atoms with E-state index in [4.69, 9.17) is 11.6 Å². The molecule has 0 unspecified atom stereocenters. The molecule has 0 fully saturated rings. The minimum atomic E-state index is -0.262. The van der Waals surface area contributed by atoms with Crippen molar-refractivity contribution in [3.05, 3.63) is 71.6 Å². The molecule has 3 rings (SSSR count). The van der Waals surface area contributed by atoms with E-state index in [-0.39, 0.29) is 5.82 Å². The van der Waals surface area contributed by atoms with Gasteiger partial charge in [-0.05, 0) is 36.4 Å². The van der Waals surface area contributed by atoms with Gasteiger partial charge in [0.25, 0.3) is 0 Å². The van der Waals surface area contributed by atoms with Crippen molar-refractivity contribution < 1.29 is 4.39 Å². The maximum absolute atomic E-state index is 12.9. The Bertz CT molecular complexity index is 704. The molecule has 0 saturated carbocycles. The minimum absolute atomic E-state index is 0.262. The Kier molecular flexibility index (Phi) is 3.05. The monoisotopic (exact) mass is 272 g/mol. The fourth-order valence-corrected chi connectivity index (χ4v) is 2.11. The standard InChI is InChI=1S/C15H10ClFN2/c16-14-4-2-1-3-13(14)15-9-10-19(18-15)12-7-5-11(17)6-8-12/h1-10H. The summed E-state index contributed by atoms with van der Waals surface area (Å²) >= 11 is 6.14. The van der Waals surface area contributed by atoms with Crippen LogP contribution in [0.4, 0.5) is 4.39 Å². The van der Waals surface area contributed by atoms with E-state index in [1.54, 1.807) is 16.8 Å². The summed E-state index contributed by atoms with van der Waals surface area (Å²) in [4.78, 5) is 0. The maximum atomic E-state index is 12.9. The molecule has 0 bridgehead atoms. The number of nitrogens with zero attached hydrogens (tertiary/aromatic N) is 2. The molecule has 0 saturated heterocycles. The molecule has 19 heavy (non-hydrogen) atoms. The van der Waals surface area contributed by atoms with Gasteiger partial charge in [-0.15, -0.1) is 0 Å². The van der Waals surface area contributed by atoms with Crippen LogP contribution < -0.4 is 0 Å². The van der Waals surface area contributed by atoms with Gasteiger partial charge in [-0.3, -0.25) is 0 Å². The quantitative estimate of drug-likeness (QED) is 0.679. The Balaban J connectivity index is 2.00. The molecule has 0 spiro atoms. The van der Waals surface area contributed by atoms with Crippen LogP contribution in [0.5, 0.6) is 0 Å². The van der Waals surface area contributed by atoms with E-state index in [1.807, 2.05) is 36.5 Å². The fourth-order valence-electron chi connectivity index (χ4n) is 1.87. The van der Waals surface area contributed by atoms with Gasteiger partial charge < -0.3 is 0 Å². The lowest BCUT2D eigenvalue weighted by Crippen LogP contribution is -1.94. The molecule has 0 atom stereocenters. The summed E-state index contributed by atoms with van der Waals surface area (Å²) in [5.74, 6) is -0.262. The van der Waals surface area contributed by atoms with Crippen LogP contribution >= 0.6 is 11.6 Å². The van der Waals surface area contributed by atoms with Crippen LogP contribution in [0.2, 0.25) is 5.02 Å². The normalized spacial score (nSPS) is 10.6. The molecule has 0 N–H and O–H groups in total. The van der Waals surface area contributed by atoms with Crippen molar-refractivity contribution >= 4 is 11.6 Å². The highest BCUT2D eigenvalue weighted by molar-refractivity contribution is 6.33. The fraction of sp³-hybridized carbons (Fsp3) is 0. The maximum Gasteiger partial charge on any atom is 0.123 e. The van der Waals surface area contributed by atoms with E-state index in [0.717, 1.165) is 16.9 Å². The van der Waals surface area contributed by atoms with Crippen LogP contribution in [0.1, 0.15) is 0 Å². The molecular weight excluding hydrogens is 263 g/mol. The van der Waals surface area contributed by atoms with E-state index in [1.165, 1.54) is 12.1 Å². The van der Waals surface area contributed by atoms with Gasteiger partial charge in [-0.2, -0.15) is 5.10 Å². The van der Waals surface area contributed by atoms with Gasteiger partial charge in [-0.1, -0.05) is 29.8 Å². The third kappa shape index (κ3) is 2.37. The smallest absolute Gasteiger partial charge is 0.123 e. The van der Waals surface area contributed by atoms with Crippen molar-refractivity contribution in [1.82, 2.24) is 9.78 Å². The molecule has 1 heterocycles. The number of benzene rings is 2. The third-order valence-corrected chi connectivity index (χ3v) is 3.16. The van der Waals surface area contributed by atoms with Crippen LogP contribution in [0.3, 0.4) is 0 Å². The Morgan fingerprint density at radius 3 is 2.42 bits per heavy atom. The minimum Gasteiger partial charge on any atom is -0.240 e. The van der Waals surface area contributed by atoms with Gasteiger partial charge in [0, 0.05) is 11.8 Å². The zero-order chi connectivity index (χ0) is 13.2. The summed E-state index contributed by atoms with van der Waals surface area (Å²) in [5.41, 5.74) is 2.47. The van der Waals surface area contributed by atoms with Crippen molar-refractivity contribution in [2.75, 3.05) is 0 Å². The van der Waals surface area contributed by atoms with E-state index in [2.05, 4.69) is 5.10 Å². The zero-order valence-corrected chi connectivity index (χ0v) is 10.7. The largest absolute Gasteiger partial charge is 0.240 e. The van der Waals surface area contributed by atoms with Crippen LogP contribution in [0.15, 0.2) is 60.8 Å². The number of hydrogen-bond donors (Lipinski definition) is 0. The van der Waals surface area contributed by atoms with Crippen LogP contribution in [-0.4, -0.2) is 9.78 Å². The first kappa shape index (κ1) is 11.9. The summed E-state index contributed by atoms with van der Waals surface area (Å²) in [7, 11) is 0. The van der Waals surface area contributed by atoms with Crippen molar-refractivity contribution in [3.63, 3.8) is 0 Å². The first-order chi connectivity index (χ1) is 9.24. The topological polar surface area (TPSA) is 17.8 Å². The van der Waals surface area contributed by atoms with Crippen LogP contribution in [0.25, 0.3) is 16.9 Å². The van der Waals surface area contributed by atoms with Gasteiger partial charge in [0.1, 0.15) is 5.82 Å². The Morgan fingerprint density at radius 2 is 1.68 bits per heavy atom. The van der Waals surface area contributed by atoms with Gasteiger partial charge in [0.2, 0.25) is 0 Å². The lowest BCUT2D eigenvalue weighted by Gasteiger charge is -2.02. The van der Waals surface area contributed by atoms with Crippen LogP contribution in [-0.2, 0) is 0 Å². The summed E-state index contributed by atoms with van der Waals surface area (Å²) in [6.07, 6.45) is 1.83. The van der Waals surface area contributed by atoms with Gasteiger partial charge >= 0.3 is 0 Å². The van der Waals surface area contributed by atoms with Crippen molar-refractivity contribution in [2.45, 2.75) is 0 Å². The lowest BCUT2D eigenvalue weighted by atomic mass is 10.2. The molecule has 4 heteroatoms. The first-order valence-corrected chi connectivity index (χ1v) is 6.18. The Morgan fingerprint density at radius 1 is 0.947 bits per heavy atom. The van der Waals surface area contributed by atoms with Gasteiger partial charge in [-0.25, -0.2) is 9.07 Å². The van der Waals surface area contributed by atoms with Gasteiger partial charge in [0.15, 0.2) is 0 Å². The molecule has 1 aromatic heterocycles. The highest BCUT2D eigenvalue weighted by Crippen LogP contribution is 2.26. The second kappa shape index (κ2) is 4.86. The molecule has 94 valence electrons. The SMILES string of the molecule is Fc1ccc(-n2ccc(-c3ccccc3Cl)n2)cc1. The van der Waals surface area contributed by atoms with Gasteiger partial charge in [0.05, 0.1) is 16.4 Å².